The number of thiocarbonyl (C=S) groups is 1. The van der Waals surface area contributed by atoms with Crippen molar-refractivity contribution in [3.8, 4) is 22.9 Å². The van der Waals surface area contributed by atoms with Crippen LogP contribution >= 0.6 is 12.2 Å². The van der Waals surface area contributed by atoms with Crippen LogP contribution in [0.4, 0.5) is 11.4 Å². The van der Waals surface area contributed by atoms with Crippen molar-refractivity contribution in [3.63, 3.8) is 0 Å². The normalized spacial score (nSPS) is 16.1. The predicted molar refractivity (Wildman–Crippen MR) is 174 cm³/mol. The van der Waals surface area contributed by atoms with Gasteiger partial charge in [-0.15, -0.1) is 0 Å². The monoisotopic (exact) mass is 605 g/mol. The Labute approximate surface area is 260 Å². The van der Waals surface area contributed by atoms with Crippen LogP contribution < -0.4 is 19.7 Å². The summed E-state index contributed by atoms with van der Waals surface area (Å²) in [6.45, 7) is 6.07. The lowest BCUT2D eigenvalue weighted by Crippen LogP contribution is -2.29. The second-order valence-corrected chi connectivity index (χ2v) is 11.0. The quantitative estimate of drug-likeness (QED) is 0.109. The number of nitro groups is 1. The van der Waals surface area contributed by atoms with Gasteiger partial charge in [0, 0.05) is 29.3 Å². The molecule has 0 bridgehead atoms. The first-order valence-corrected chi connectivity index (χ1v) is 14.5. The van der Waals surface area contributed by atoms with Gasteiger partial charge in [0.15, 0.2) is 5.11 Å². The van der Waals surface area contributed by atoms with Crippen molar-refractivity contribution >= 4 is 28.7 Å². The van der Waals surface area contributed by atoms with Crippen LogP contribution in [0.15, 0.2) is 97.2 Å². The SMILES string of the molecule is COc1cc([N+](=O)[O-])ccc1-n1c(C)cc(C2C(c3ccccn3)NC(=S)N2c2ccc(Oc3ccccc3C)cc2)c1C. The first-order chi connectivity index (χ1) is 21.3. The number of nitrogens with zero attached hydrogens (tertiary/aromatic N) is 4. The molecule has 3 heterocycles. The molecule has 0 aliphatic carbocycles. The van der Waals surface area contributed by atoms with Gasteiger partial charge >= 0.3 is 0 Å². The highest BCUT2D eigenvalue weighted by Gasteiger charge is 2.42. The summed E-state index contributed by atoms with van der Waals surface area (Å²) in [5.41, 5.74) is 6.44. The Bertz CT molecular complexity index is 1860. The number of nitrogens with one attached hydrogen (secondary N) is 1. The van der Waals surface area contributed by atoms with E-state index >= 15 is 0 Å². The first-order valence-electron chi connectivity index (χ1n) is 14.1. The smallest absolute Gasteiger partial charge is 0.273 e. The van der Waals surface area contributed by atoms with Crippen LogP contribution in [0.5, 0.6) is 17.2 Å². The number of pyridine rings is 1. The fourth-order valence-electron chi connectivity index (χ4n) is 5.84. The number of rotatable bonds is 8. The molecule has 5 aromatic rings. The van der Waals surface area contributed by atoms with Gasteiger partial charge in [0.25, 0.3) is 5.69 Å². The molecule has 1 fully saturated rings. The maximum absolute atomic E-state index is 11.4. The second-order valence-electron chi connectivity index (χ2n) is 10.6. The topological polar surface area (TPSA) is 94.7 Å². The van der Waals surface area contributed by atoms with Gasteiger partial charge < -0.3 is 24.3 Å². The molecule has 10 heteroatoms. The maximum atomic E-state index is 11.4. The molecular formula is C34H31N5O4S. The Balaban J connectivity index is 1.43. The molecule has 1 N–H and O–H groups in total. The Hall–Kier alpha value is -5.22. The molecule has 3 aromatic carbocycles. The third-order valence-corrected chi connectivity index (χ3v) is 8.25. The Morgan fingerprint density at radius 2 is 1.68 bits per heavy atom. The van der Waals surface area contributed by atoms with Crippen LogP contribution in [-0.4, -0.2) is 26.7 Å². The molecule has 1 aliphatic heterocycles. The number of anilines is 1. The molecule has 0 spiro atoms. The number of hydrogen-bond donors (Lipinski definition) is 1. The summed E-state index contributed by atoms with van der Waals surface area (Å²) < 4.78 is 13.8. The van der Waals surface area contributed by atoms with Crippen LogP contribution in [0.1, 0.15) is 40.3 Å². The zero-order valence-electron chi connectivity index (χ0n) is 24.7. The zero-order chi connectivity index (χ0) is 31.0. The molecule has 2 unspecified atom stereocenters. The van der Waals surface area contributed by atoms with E-state index in [2.05, 4.69) is 25.8 Å². The summed E-state index contributed by atoms with van der Waals surface area (Å²) in [6.07, 6.45) is 1.78. The fraction of sp³-hybridized carbons (Fsp3) is 0.176. The van der Waals surface area contributed by atoms with E-state index in [0.29, 0.717) is 16.5 Å². The number of hydrogen-bond acceptors (Lipinski definition) is 6. The summed E-state index contributed by atoms with van der Waals surface area (Å²) in [5, 5.41) is 15.5. The van der Waals surface area contributed by atoms with Gasteiger partial charge in [0.1, 0.15) is 17.2 Å². The highest BCUT2D eigenvalue weighted by Crippen LogP contribution is 2.45. The number of nitro benzene ring substituents is 1. The van der Waals surface area contributed by atoms with Gasteiger partial charge in [-0.2, -0.15) is 0 Å². The van der Waals surface area contributed by atoms with Crippen molar-refractivity contribution in [1.29, 1.82) is 0 Å². The Morgan fingerprint density at radius 1 is 0.932 bits per heavy atom. The molecule has 44 heavy (non-hydrogen) atoms. The van der Waals surface area contributed by atoms with E-state index in [-0.39, 0.29) is 17.8 Å². The fourth-order valence-corrected chi connectivity index (χ4v) is 6.19. The Morgan fingerprint density at radius 3 is 2.36 bits per heavy atom. The number of benzene rings is 3. The highest BCUT2D eigenvalue weighted by molar-refractivity contribution is 7.80. The van der Waals surface area contributed by atoms with Gasteiger partial charge in [0.2, 0.25) is 0 Å². The lowest BCUT2D eigenvalue weighted by atomic mass is 9.96. The molecule has 0 saturated carbocycles. The zero-order valence-corrected chi connectivity index (χ0v) is 25.5. The molecule has 0 radical (unpaired) electrons. The molecule has 6 rings (SSSR count). The molecule has 2 aromatic heterocycles. The third-order valence-electron chi connectivity index (χ3n) is 7.94. The van der Waals surface area contributed by atoms with E-state index in [4.69, 9.17) is 21.7 Å². The first kappa shape index (κ1) is 28.9. The molecule has 9 nitrogen and oxygen atoms in total. The third kappa shape index (κ3) is 5.24. The molecule has 1 aliphatic rings. The van der Waals surface area contributed by atoms with Gasteiger partial charge in [0.05, 0.1) is 41.6 Å². The van der Waals surface area contributed by atoms with Gasteiger partial charge in [-0.05, 0) is 98.7 Å². The Kier molecular flexibility index (Phi) is 7.75. The molecule has 2 atom stereocenters. The average molecular weight is 606 g/mol. The van der Waals surface area contributed by atoms with E-state index in [1.54, 1.807) is 12.3 Å². The van der Waals surface area contributed by atoms with E-state index < -0.39 is 4.92 Å². The summed E-state index contributed by atoms with van der Waals surface area (Å²) in [6, 6.07) is 28.0. The van der Waals surface area contributed by atoms with Gasteiger partial charge in [-0.1, -0.05) is 24.3 Å². The summed E-state index contributed by atoms with van der Waals surface area (Å²) in [4.78, 5) is 17.8. The van der Waals surface area contributed by atoms with Gasteiger partial charge in [-0.25, -0.2) is 0 Å². The number of ether oxygens (including phenoxy) is 2. The van der Waals surface area contributed by atoms with Crippen LogP contribution in [0, 0.1) is 30.9 Å². The number of methoxy groups -OCH3 is 1. The number of aromatic nitrogens is 2. The minimum Gasteiger partial charge on any atom is -0.494 e. The average Bonchev–Trinajstić information content (AvgIpc) is 3.53. The van der Waals surface area contributed by atoms with Gasteiger partial charge in [-0.3, -0.25) is 15.1 Å². The molecule has 222 valence electrons. The lowest BCUT2D eigenvalue weighted by molar-refractivity contribution is -0.384. The largest absolute Gasteiger partial charge is 0.494 e. The van der Waals surface area contributed by atoms with E-state index in [1.807, 2.05) is 87.5 Å². The molecule has 1 saturated heterocycles. The summed E-state index contributed by atoms with van der Waals surface area (Å²) in [7, 11) is 1.52. The summed E-state index contributed by atoms with van der Waals surface area (Å²) >= 11 is 5.95. The van der Waals surface area contributed by atoms with Crippen molar-refractivity contribution in [2.24, 2.45) is 0 Å². The number of aryl methyl sites for hydroxylation is 2. The summed E-state index contributed by atoms with van der Waals surface area (Å²) in [5.74, 6) is 1.94. The van der Waals surface area contributed by atoms with Crippen molar-refractivity contribution < 1.29 is 14.4 Å². The van der Waals surface area contributed by atoms with E-state index in [0.717, 1.165) is 45.4 Å². The van der Waals surface area contributed by atoms with Crippen molar-refractivity contribution in [1.82, 2.24) is 14.9 Å². The predicted octanol–water partition coefficient (Wildman–Crippen LogP) is 7.68. The number of non-ortho nitro benzene ring substituents is 1. The van der Waals surface area contributed by atoms with Crippen molar-refractivity contribution in [2.75, 3.05) is 12.0 Å². The van der Waals surface area contributed by atoms with Crippen LogP contribution in [0.25, 0.3) is 5.69 Å². The molecule has 0 amide bonds. The number of para-hydroxylation sites is 1. The second kappa shape index (κ2) is 11.8. The van der Waals surface area contributed by atoms with Crippen LogP contribution in [0.3, 0.4) is 0 Å². The minimum absolute atomic E-state index is 0.0325. The van der Waals surface area contributed by atoms with Crippen LogP contribution in [0.2, 0.25) is 0 Å². The van der Waals surface area contributed by atoms with E-state index in [9.17, 15) is 10.1 Å². The highest BCUT2D eigenvalue weighted by atomic mass is 32.1. The van der Waals surface area contributed by atoms with E-state index in [1.165, 1.54) is 19.2 Å². The minimum atomic E-state index is -0.426. The van der Waals surface area contributed by atoms with Crippen molar-refractivity contribution in [2.45, 2.75) is 32.9 Å². The van der Waals surface area contributed by atoms with Crippen molar-refractivity contribution in [3.05, 3.63) is 136 Å². The maximum Gasteiger partial charge on any atom is 0.273 e. The van der Waals surface area contributed by atoms with Crippen LogP contribution in [-0.2, 0) is 0 Å². The standard InChI is InChI=1S/C34H31N5O4S/c1-21-9-5-6-11-30(21)43-26-15-12-24(13-16-26)38-33(32(36-34(38)44)28-10-7-8-18-35-28)27-19-22(2)37(23(27)3)29-17-14-25(39(40)41)20-31(29)42-4/h5-20,32-33H,1-4H3,(H,36,44). The molecular weight excluding hydrogens is 574 g/mol. The lowest BCUT2D eigenvalue weighted by Gasteiger charge is -2.28.